The van der Waals surface area contributed by atoms with Crippen molar-refractivity contribution < 1.29 is 0 Å². The predicted molar refractivity (Wildman–Crippen MR) is 84.4 cm³/mol. The van der Waals surface area contributed by atoms with Crippen LogP contribution in [-0.4, -0.2) is 38.0 Å². The Bertz CT molecular complexity index is 431. The topological polar surface area (TPSA) is 27.6 Å². The fourth-order valence-corrected chi connectivity index (χ4v) is 2.20. The smallest absolute Gasteiger partial charge is 0.193 e. The molecule has 0 amide bonds. The van der Waals surface area contributed by atoms with E-state index in [4.69, 9.17) is 23.2 Å². The Labute approximate surface area is 125 Å². The molecule has 19 heavy (non-hydrogen) atoms. The summed E-state index contributed by atoms with van der Waals surface area (Å²) >= 11 is 12.0. The number of hydrogen-bond donors (Lipinski definition) is 1. The Morgan fingerprint density at radius 3 is 2.63 bits per heavy atom. The van der Waals surface area contributed by atoms with Crippen LogP contribution in [0.15, 0.2) is 23.2 Å². The summed E-state index contributed by atoms with van der Waals surface area (Å²) in [6.45, 7) is 3.71. The van der Waals surface area contributed by atoms with Crippen LogP contribution in [0.2, 0.25) is 10.0 Å². The number of hydrogen-bond acceptors (Lipinski definition) is 1. The lowest BCUT2D eigenvalue weighted by molar-refractivity contribution is 0.582. The highest BCUT2D eigenvalue weighted by molar-refractivity contribution is 6.35. The third-order valence-electron chi connectivity index (χ3n) is 2.64. The molecule has 3 nitrogen and oxygen atoms in total. The van der Waals surface area contributed by atoms with Gasteiger partial charge in [-0.15, -0.1) is 0 Å². The van der Waals surface area contributed by atoms with Crippen molar-refractivity contribution in [2.24, 2.45) is 4.99 Å². The molecule has 0 aliphatic heterocycles. The lowest BCUT2D eigenvalue weighted by Crippen LogP contribution is -2.36. The predicted octanol–water partition coefficient (Wildman–Crippen LogP) is 3.45. The van der Waals surface area contributed by atoms with Crippen LogP contribution >= 0.6 is 23.2 Å². The highest BCUT2D eigenvalue weighted by atomic mass is 35.5. The van der Waals surface area contributed by atoms with Crippen LogP contribution in [-0.2, 0) is 6.42 Å². The van der Waals surface area contributed by atoms with E-state index >= 15 is 0 Å². The van der Waals surface area contributed by atoms with Gasteiger partial charge in [-0.2, -0.15) is 0 Å². The molecule has 0 aromatic heterocycles. The maximum atomic E-state index is 6.13. The van der Waals surface area contributed by atoms with Crippen molar-refractivity contribution in [3.8, 4) is 0 Å². The summed E-state index contributed by atoms with van der Waals surface area (Å²) < 4.78 is 0. The van der Waals surface area contributed by atoms with Crippen molar-refractivity contribution in [2.75, 3.05) is 27.2 Å². The van der Waals surface area contributed by atoms with Gasteiger partial charge in [-0.1, -0.05) is 29.3 Å². The van der Waals surface area contributed by atoms with Crippen LogP contribution in [0.3, 0.4) is 0 Å². The van der Waals surface area contributed by atoms with E-state index < -0.39 is 0 Å². The maximum absolute atomic E-state index is 6.13. The Kier molecular flexibility index (Phi) is 7.03. The van der Waals surface area contributed by atoms with Crippen LogP contribution in [0.25, 0.3) is 0 Å². The lowest BCUT2D eigenvalue weighted by Gasteiger charge is -2.16. The summed E-state index contributed by atoms with van der Waals surface area (Å²) in [5.41, 5.74) is 1.12. The highest BCUT2D eigenvalue weighted by Gasteiger charge is 2.02. The minimum Gasteiger partial charge on any atom is -0.357 e. The largest absolute Gasteiger partial charge is 0.357 e. The molecule has 0 aliphatic carbocycles. The quantitative estimate of drug-likeness (QED) is 0.512. The summed E-state index contributed by atoms with van der Waals surface area (Å²) in [6.07, 6.45) is 1.87. The molecule has 1 rings (SSSR count). The van der Waals surface area contributed by atoms with Gasteiger partial charge in [0.05, 0.1) is 0 Å². The van der Waals surface area contributed by atoms with Crippen LogP contribution in [0.4, 0.5) is 0 Å². The molecule has 0 heterocycles. The van der Waals surface area contributed by atoms with Gasteiger partial charge in [0.1, 0.15) is 0 Å². The fraction of sp³-hybridized carbons (Fsp3) is 0.500. The van der Waals surface area contributed by atoms with Gasteiger partial charge < -0.3 is 10.2 Å². The van der Waals surface area contributed by atoms with Gasteiger partial charge in [-0.3, -0.25) is 4.99 Å². The number of benzene rings is 1. The minimum atomic E-state index is 0.675. The maximum Gasteiger partial charge on any atom is 0.193 e. The van der Waals surface area contributed by atoms with Crippen molar-refractivity contribution in [3.05, 3.63) is 33.8 Å². The van der Waals surface area contributed by atoms with Crippen molar-refractivity contribution in [3.63, 3.8) is 0 Å². The normalized spacial score (nSPS) is 11.5. The molecular formula is C14H21Cl2N3. The minimum absolute atomic E-state index is 0.675. The van der Waals surface area contributed by atoms with E-state index in [1.165, 1.54) is 0 Å². The SMILES string of the molecule is CCNC(=NCCCc1ccc(Cl)cc1Cl)N(C)C. The Morgan fingerprint density at radius 2 is 2.05 bits per heavy atom. The van der Waals surface area contributed by atoms with Gasteiger partial charge in [-0.05, 0) is 37.5 Å². The second-order valence-corrected chi connectivity index (χ2v) is 5.31. The second kappa shape index (κ2) is 8.28. The molecule has 106 valence electrons. The van der Waals surface area contributed by atoms with E-state index in [-0.39, 0.29) is 0 Å². The Balaban J connectivity index is 2.47. The zero-order valence-electron chi connectivity index (χ0n) is 11.7. The molecule has 1 N–H and O–H groups in total. The zero-order chi connectivity index (χ0) is 14.3. The van der Waals surface area contributed by atoms with Crippen LogP contribution in [0.1, 0.15) is 18.9 Å². The van der Waals surface area contributed by atoms with Crippen LogP contribution < -0.4 is 5.32 Å². The molecule has 0 bridgehead atoms. The first-order valence-electron chi connectivity index (χ1n) is 6.44. The van der Waals surface area contributed by atoms with Gasteiger partial charge >= 0.3 is 0 Å². The average molecular weight is 302 g/mol. The summed E-state index contributed by atoms with van der Waals surface area (Å²) in [5.74, 6) is 0.921. The summed E-state index contributed by atoms with van der Waals surface area (Å²) in [5, 5.41) is 4.64. The van der Waals surface area contributed by atoms with E-state index in [2.05, 4.69) is 17.2 Å². The fourth-order valence-electron chi connectivity index (χ4n) is 1.69. The number of nitrogens with zero attached hydrogens (tertiary/aromatic N) is 2. The molecule has 0 radical (unpaired) electrons. The second-order valence-electron chi connectivity index (χ2n) is 4.47. The first kappa shape index (κ1) is 16.1. The summed E-state index contributed by atoms with van der Waals surface area (Å²) in [7, 11) is 3.97. The third kappa shape index (κ3) is 5.70. The number of rotatable bonds is 5. The standard InChI is InChI=1S/C14H21Cl2N3/c1-4-17-14(19(2)3)18-9-5-6-11-7-8-12(15)10-13(11)16/h7-8,10H,4-6,9H2,1-3H3,(H,17,18). The van der Waals surface area contributed by atoms with Gasteiger partial charge in [0.2, 0.25) is 0 Å². The molecule has 0 saturated carbocycles. The first-order valence-corrected chi connectivity index (χ1v) is 7.19. The number of aryl methyl sites for hydroxylation is 1. The monoisotopic (exact) mass is 301 g/mol. The Morgan fingerprint density at radius 1 is 1.32 bits per heavy atom. The number of guanidine groups is 1. The van der Waals surface area contributed by atoms with Crippen molar-refractivity contribution in [1.82, 2.24) is 10.2 Å². The molecular weight excluding hydrogens is 281 g/mol. The summed E-state index contributed by atoms with van der Waals surface area (Å²) in [6, 6.07) is 5.63. The van der Waals surface area contributed by atoms with Gasteiger partial charge in [-0.25, -0.2) is 0 Å². The van der Waals surface area contributed by atoms with E-state index in [9.17, 15) is 0 Å². The van der Waals surface area contributed by atoms with E-state index in [0.29, 0.717) is 5.02 Å². The van der Waals surface area contributed by atoms with Crippen molar-refractivity contribution in [2.45, 2.75) is 19.8 Å². The lowest BCUT2D eigenvalue weighted by atomic mass is 10.1. The molecule has 0 spiro atoms. The molecule has 0 unspecified atom stereocenters. The highest BCUT2D eigenvalue weighted by Crippen LogP contribution is 2.21. The van der Waals surface area contributed by atoms with Gasteiger partial charge in [0.25, 0.3) is 0 Å². The first-order chi connectivity index (χ1) is 9.04. The molecule has 0 atom stereocenters. The molecule has 0 saturated heterocycles. The van der Waals surface area contributed by atoms with E-state index in [1.807, 2.05) is 31.1 Å². The zero-order valence-corrected chi connectivity index (χ0v) is 13.2. The average Bonchev–Trinajstić information content (AvgIpc) is 2.35. The summed E-state index contributed by atoms with van der Waals surface area (Å²) in [4.78, 5) is 6.52. The Hall–Kier alpha value is -0.930. The van der Waals surface area contributed by atoms with E-state index in [1.54, 1.807) is 6.07 Å². The van der Waals surface area contributed by atoms with Crippen LogP contribution in [0.5, 0.6) is 0 Å². The third-order valence-corrected chi connectivity index (χ3v) is 3.23. The van der Waals surface area contributed by atoms with Gasteiger partial charge in [0, 0.05) is 37.2 Å². The number of aliphatic imine (C=N–C) groups is 1. The molecule has 0 fully saturated rings. The van der Waals surface area contributed by atoms with Gasteiger partial charge in [0.15, 0.2) is 5.96 Å². The molecule has 1 aromatic carbocycles. The van der Waals surface area contributed by atoms with Crippen molar-refractivity contribution >= 4 is 29.2 Å². The van der Waals surface area contributed by atoms with Crippen LogP contribution in [0, 0.1) is 0 Å². The molecule has 0 aliphatic rings. The molecule has 1 aromatic rings. The van der Waals surface area contributed by atoms with E-state index in [0.717, 1.165) is 42.5 Å². The number of halogens is 2. The van der Waals surface area contributed by atoms with Crippen molar-refractivity contribution in [1.29, 1.82) is 0 Å². The molecule has 5 heteroatoms. The number of nitrogens with one attached hydrogen (secondary N) is 1.